The summed E-state index contributed by atoms with van der Waals surface area (Å²) in [4.78, 5) is 6.59. The van der Waals surface area contributed by atoms with Crippen molar-refractivity contribution in [1.82, 2.24) is 10.3 Å². The van der Waals surface area contributed by atoms with Crippen molar-refractivity contribution in [2.75, 3.05) is 24.5 Å². The van der Waals surface area contributed by atoms with Crippen LogP contribution < -0.4 is 10.2 Å². The van der Waals surface area contributed by atoms with Gasteiger partial charge in [0.1, 0.15) is 0 Å². The standard InChI is InChI=1S/C16H27N3/c1-6-19(12-14(4)5)16-7-8-17-10-15(16)11-18-9-13(2)3/h7-8,10,13,18H,4,6,9,11-12H2,1-3,5H3. The average Bonchev–Trinajstić information content (AvgIpc) is 2.36. The molecule has 0 aromatic carbocycles. The topological polar surface area (TPSA) is 28.2 Å². The van der Waals surface area contributed by atoms with E-state index in [2.05, 4.69) is 55.5 Å². The van der Waals surface area contributed by atoms with Crippen LogP contribution in [0.1, 0.15) is 33.3 Å². The van der Waals surface area contributed by atoms with E-state index >= 15 is 0 Å². The summed E-state index contributed by atoms with van der Waals surface area (Å²) in [6.45, 7) is 16.5. The van der Waals surface area contributed by atoms with Gasteiger partial charge < -0.3 is 10.2 Å². The van der Waals surface area contributed by atoms with Crippen LogP contribution in [0.2, 0.25) is 0 Å². The zero-order chi connectivity index (χ0) is 14.3. The highest BCUT2D eigenvalue weighted by atomic mass is 15.1. The Balaban J connectivity index is 2.78. The van der Waals surface area contributed by atoms with Gasteiger partial charge in [0.05, 0.1) is 0 Å². The number of hydrogen-bond donors (Lipinski definition) is 1. The third-order valence-corrected chi connectivity index (χ3v) is 2.93. The Hall–Kier alpha value is -1.35. The molecule has 3 heteroatoms. The molecule has 0 aliphatic carbocycles. The fourth-order valence-electron chi connectivity index (χ4n) is 2.05. The van der Waals surface area contributed by atoms with Gasteiger partial charge >= 0.3 is 0 Å². The highest BCUT2D eigenvalue weighted by Gasteiger charge is 2.09. The lowest BCUT2D eigenvalue weighted by Crippen LogP contribution is -2.27. The van der Waals surface area contributed by atoms with Gasteiger partial charge in [0.15, 0.2) is 0 Å². The fourth-order valence-corrected chi connectivity index (χ4v) is 2.05. The van der Waals surface area contributed by atoms with Gasteiger partial charge in [0, 0.05) is 43.3 Å². The number of rotatable bonds is 8. The van der Waals surface area contributed by atoms with Gasteiger partial charge in [-0.05, 0) is 32.4 Å². The number of nitrogens with one attached hydrogen (secondary N) is 1. The van der Waals surface area contributed by atoms with Crippen molar-refractivity contribution in [3.8, 4) is 0 Å². The first-order valence-electron chi connectivity index (χ1n) is 7.07. The zero-order valence-electron chi connectivity index (χ0n) is 12.7. The fraction of sp³-hybridized carbons (Fsp3) is 0.562. The minimum absolute atomic E-state index is 0.665. The second-order valence-corrected chi connectivity index (χ2v) is 5.50. The van der Waals surface area contributed by atoms with E-state index in [9.17, 15) is 0 Å². The van der Waals surface area contributed by atoms with Crippen molar-refractivity contribution in [1.29, 1.82) is 0 Å². The maximum absolute atomic E-state index is 4.25. The normalized spacial score (nSPS) is 10.8. The van der Waals surface area contributed by atoms with Crippen LogP contribution in [0.4, 0.5) is 5.69 Å². The molecule has 0 unspecified atom stereocenters. The summed E-state index contributed by atoms with van der Waals surface area (Å²) in [5, 5.41) is 3.48. The molecule has 0 fully saturated rings. The minimum Gasteiger partial charge on any atom is -0.367 e. The third kappa shape index (κ3) is 5.43. The van der Waals surface area contributed by atoms with E-state index in [1.54, 1.807) is 0 Å². The van der Waals surface area contributed by atoms with E-state index in [0.717, 1.165) is 26.2 Å². The van der Waals surface area contributed by atoms with Crippen LogP contribution in [0.5, 0.6) is 0 Å². The molecule has 106 valence electrons. The molecule has 0 aliphatic rings. The van der Waals surface area contributed by atoms with Gasteiger partial charge in [0.2, 0.25) is 0 Å². The van der Waals surface area contributed by atoms with E-state index in [1.165, 1.54) is 16.8 Å². The molecule has 1 rings (SSSR count). The van der Waals surface area contributed by atoms with E-state index in [0.29, 0.717) is 5.92 Å². The van der Waals surface area contributed by atoms with E-state index in [1.807, 2.05) is 12.4 Å². The molecule has 1 heterocycles. The smallest absolute Gasteiger partial charge is 0.0445 e. The van der Waals surface area contributed by atoms with Crippen LogP contribution in [-0.2, 0) is 6.54 Å². The molecule has 0 spiro atoms. The summed E-state index contributed by atoms with van der Waals surface area (Å²) in [7, 11) is 0. The van der Waals surface area contributed by atoms with E-state index < -0.39 is 0 Å². The molecule has 0 radical (unpaired) electrons. The third-order valence-electron chi connectivity index (χ3n) is 2.93. The molecule has 0 aliphatic heterocycles. The van der Waals surface area contributed by atoms with Crippen molar-refractivity contribution in [3.63, 3.8) is 0 Å². The van der Waals surface area contributed by atoms with Crippen molar-refractivity contribution in [2.24, 2.45) is 5.92 Å². The van der Waals surface area contributed by atoms with Crippen molar-refractivity contribution < 1.29 is 0 Å². The number of anilines is 1. The van der Waals surface area contributed by atoms with Gasteiger partial charge in [-0.1, -0.05) is 26.0 Å². The lowest BCUT2D eigenvalue weighted by atomic mass is 10.1. The van der Waals surface area contributed by atoms with E-state index in [-0.39, 0.29) is 0 Å². The summed E-state index contributed by atoms with van der Waals surface area (Å²) in [5.74, 6) is 0.665. The molecule has 1 aromatic heterocycles. The Morgan fingerprint density at radius 2 is 2.21 bits per heavy atom. The summed E-state index contributed by atoms with van der Waals surface area (Å²) < 4.78 is 0. The molecule has 0 saturated carbocycles. The Morgan fingerprint density at radius 3 is 2.79 bits per heavy atom. The van der Waals surface area contributed by atoms with Gasteiger partial charge in [0.25, 0.3) is 0 Å². The molecule has 3 nitrogen and oxygen atoms in total. The number of nitrogens with zero attached hydrogens (tertiary/aromatic N) is 2. The van der Waals surface area contributed by atoms with Crippen LogP contribution in [0.3, 0.4) is 0 Å². The summed E-state index contributed by atoms with van der Waals surface area (Å²) in [6.07, 6.45) is 3.83. The first kappa shape index (κ1) is 15.7. The second kappa shape index (κ2) is 7.95. The van der Waals surface area contributed by atoms with Crippen LogP contribution in [0, 0.1) is 5.92 Å². The molecule has 1 aromatic rings. The van der Waals surface area contributed by atoms with E-state index in [4.69, 9.17) is 0 Å². The molecule has 0 saturated heterocycles. The first-order valence-corrected chi connectivity index (χ1v) is 7.07. The second-order valence-electron chi connectivity index (χ2n) is 5.50. The van der Waals surface area contributed by atoms with Crippen molar-refractivity contribution >= 4 is 5.69 Å². The number of likely N-dealkylation sites (N-methyl/N-ethyl adjacent to an activating group) is 1. The lowest BCUT2D eigenvalue weighted by molar-refractivity contribution is 0.551. The SMILES string of the molecule is C=C(C)CN(CC)c1ccncc1CNCC(C)C. The molecule has 0 amide bonds. The predicted molar refractivity (Wildman–Crippen MR) is 83.5 cm³/mol. The highest BCUT2D eigenvalue weighted by molar-refractivity contribution is 5.53. The molecule has 1 N–H and O–H groups in total. The predicted octanol–water partition coefficient (Wildman–Crippen LogP) is 3.23. The maximum atomic E-state index is 4.25. The zero-order valence-corrected chi connectivity index (χ0v) is 12.7. The Kier molecular flexibility index (Phi) is 6.57. The summed E-state index contributed by atoms with van der Waals surface area (Å²) in [5.41, 5.74) is 3.70. The molecule has 0 atom stereocenters. The average molecular weight is 261 g/mol. The van der Waals surface area contributed by atoms with Crippen LogP contribution >= 0.6 is 0 Å². The van der Waals surface area contributed by atoms with Crippen LogP contribution in [0.15, 0.2) is 30.6 Å². The lowest BCUT2D eigenvalue weighted by Gasteiger charge is -2.26. The molecular formula is C16H27N3. The van der Waals surface area contributed by atoms with Gasteiger partial charge in [-0.2, -0.15) is 0 Å². The largest absolute Gasteiger partial charge is 0.367 e. The van der Waals surface area contributed by atoms with Crippen LogP contribution in [0.25, 0.3) is 0 Å². The van der Waals surface area contributed by atoms with Crippen LogP contribution in [-0.4, -0.2) is 24.6 Å². The van der Waals surface area contributed by atoms with Gasteiger partial charge in [-0.3, -0.25) is 4.98 Å². The minimum atomic E-state index is 0.665. The molecule has 19 heavy (non-hydrogen) atoms. The number of hydrogen-bond acceptors (Lipinski definition) is 3. The van der Waals surface area contributed by atoms with Crippen molar-refractivity contribution in [2.45, 2.75) is 34.2 Å². The summed E-state index contributed by atoms with van der Waals surface area (Å²) >= 11 is 0. The van der Waals surface area contributed by atoms with Gasteiger partial charge in [-0.15, -0.1) is 0 Å². The number of aromatic nitrogens is 1. The molecule has 0 bridgehead atoms. The maximum Gasteiger partial charge on any atom is 0.0445 e. The van der Waals surface area contributed by atoms with Crippen molar-refractivity contribution in [3.05, 3.63) is 36.2 Å². The van der Waals surface area contributed by atoms with Gasteiger partial charge in [-0.25, -0.2) is 0 Å². The Bertz CT molecular complexity index is 399. The Labute approximate surface area is 117 Å². The first-order chi connectivity index (χ1) is 9.04. The highest BCUT2D eigenvalue weighted by Crippen LogP contribution is 2.20. The summed E-state index contributed by atoms with van der Waals surface area (Å²) in [6, 6.07) is 2.10. The molecular weight excluding hydrogens is 234 g/mol. The Morgan fingerprint density at radius 1 is 1.47 bits per heavy atom. The monoisotopic (exact) mass is 261 g/mol. The number of pyridine rings is 1. The quantitative estimate of drug-likeness (QED) is 0.728.